The topological polar surface area (TPSA) is 38.9 Å². The first-order valence-electron chi connectivity index (χ1n) is 3.56. The quantitative estimate of drug-likeness (QED) is 0.693. The third kappa shape index (κ3) is 2.82. The van der Waals surface area contributed by atoms with E-state index in [-0.39, 0.29) is 6.04 Å². The molecule has 1 rings (SSSR count). The Balaban J connectivity index is 2.37. The highest BCUT2D eigenvalue weighted by molar-refractivity contribution is 7.09. The molecule has 0 saturated carbocycles. The average molecular weight is 168 g/mol. The zero-order valence-corrected chi connectivity index (χ0v) is 7.18. The van der Waals surface area contributed by atoms with E-state index in [1.54, 1.807) is 11.3 Å². The molecule has 0 aromatic carbocycles. The van der Waals surface area contributed by atoms with Crippen LogP contribution in [-0.2, 0) is 6.42 Å². The first-order valence-corrected chi connectivity index (χ1v) is 4.44. The van der Waals surface area contributed by atoms with Crippen LogP contribution in [0.25, 0.3) is 0 Å². The minimum absolute atomic E-state index is 0.202. The summed E-state index contributed by atoms with van der Waals surface area (Å²) in [6.07, 6.45) is 5.51. The summed E-state index contributed by atoms with van der Waals surface area (Å²) in [5, 5.41) is 0. The average Bonchev–Trinajstić information content (AvgIpc) is 2.40. The first kappa shape index (κ1) is 8.43. The summed E-state index contributed by atoms with van der Waals surface area (Å²) in [5.41, 5.74) is 7.61. The Morgan fingerprint density at radius 3 is 3.18 bits per heavy atom. The van der Waals surface area contributed by atoms with Crippen LogP contribution in [-0.4, -0.2) is 11.0 Å². The number of nitrogens with zero attached hydrogens (tertiary/aromatic N) is 1. The fourth-order valence-electron chi connectivity index (χ4n) is 0.899. The van der Waals surface area contributed by atoms with E-state index in [2.05, 4.69) is 11.6 Å². The van der Waals surface area contributed by atoms with Gasteiger partial charge in [0.1, 0.15) is 0 Å². The van der Waals surface area contributed by atoms with E-state index in [1.807, 2.05) is 17.8 Å². The van der Waals surface area contributed by atoms with Gasteiger partial charge in [-0.05, 0) is 12.8 Å². The van der Waals surface area contributed by atoms with Gasteiger partial charge in [0.05, 0.1) is 5.51 Å². The minimum atomic E-state index is 0.202. The molecule has 1 heterocycles. The monoisotopic (exact) mass is 168 g/mol. The molecule has 1 unspecified atom stereocenters. The Kier molecular flexibility index (Phi) is 3.26. The van der Waals surface area contributed by atoms with Crippen LogP contribution in [0, 0.1) is 0 Å². The molecule has 0 fully saturated rings. The molecule has 0 bridgehead atoms. The van der Waals surface area contributed by atoms with Crippen molar-refractivity contribution >= 4 is 11.3 Å². The summed E-state index contributed by atoms with van der Waals surface area (Å²) < 4.78 is 0. The first-order chi connectivity index (χ1) is 5.33. The Morgan fingerprint density at radius 2 is 2.64 bits per heavy atom. The van der Waals surface area contributed by atoms with Gasteiger partial charge in [0, 0.05) is 17.1 Å². The highest BCUT2D eigenvalue weighted by atomic mass is 32.1. The molecule has 3 heteroatoms. The molecule has 60 valence electrons. The molecule has 0 amide bonds. The second-order valence-electron chi connectivity index (χ2n) is 2.46. The minimum Gasteiger partial charge on any atom is -0.327 e. The van der Waals surface area contributed by atoms with Crippen molar-refractivity contribution in [1.29, 1.82) is 0 Å². The summed E-state index contributed by atoms with van der Waals surface area (Å²) in [6, 6.07) is 0.202. The normalized spacial score (nSPS) is 12.8. The van der Waals surface area contributed by atoms with Gasteiger partial charge in [-0.1, -0.05) is 6.08 Å². The Morgan fingerprint density at radius 1 is 1.82 bits per heavy atom. The van der Waals surface area contributed by atoms with Crippen molar-refractivity contribution in [3.05, 3.63) is 29.2 Å². The van der Waals surface area contributed by atoms with E-state index >= 15 is 0 Å². The Labute approximate surface area is 70.8 Å². The van der Waals surface area contributed by atoms with Crippen LogP contribution in [0.1, 0.15) is 11.3 Å². The van der Waals surface area contributed by atoms with E-state index in [0.29, 0.717) is 0 Å². The maximum absolute atomic E-state index is 5.78. The van der Waals surface area contributed by atoms with Crippen molar-refractivity contribution in [2.24, 2.45) is 5.73 Å². The molecule has 0 aliphatic heterocycles. The lowest BCUT2D eigenvalue weighted by Crippen LogP contribution is -2.21. The molecule has 2 N–H and O–H groups in total. The fourth-order valence-corrected chi connectivity index (χ4v) is 1.59. The van der Waals surface area contributed by atoms with Gasteiger partial charge in [-0.15, -0.1) is 17.9 Å². The summed E-state index contributed by atoms with van der Waals surface area (Å²) in [4.78, 5) is 5.22. The van der Waals surface area contributed by atoms with E-state index in [4.69, 9.17) is 5.73 Å². The molecular weight excluding hydrogens is 156 g/mol. The maximum Gasteiger partial charge on any atom is 0.0794 e. The number of nitrogens with two attached hydrogens (primary N) is 1. The van der Waals surface area contributed by atoms with Crippen molar-refractivity contribution in [3.8, 4) is 0 Å². The van der Waals surface area contributed by atoms with Gasteiger partial charge in [-0.2, -0.15) is 0 Å². The summed E-state index contributed by atoms with van der Waals surface area (Å²) in [6.45, 7) is 3.64. The zero-order chi connectivity index (χ0) is 8.10. The molecular formula is C8H12N2S. The van der Waals surface area contributed by atoms with Crippen molar-refractivity contribution in [2.45, 2.75) is 18.9 Å². The zero-order valence-electron chi connectivity index (χ0n) is 6.36. The summed E-state index contributed by atoms with van der Waals surface area (Å²) >= 11 is 1.65. The highest BCUT2D eigenvalue weighted by Crippen LogP contribution is 2.08. The molecule has 0 aliphatic carbocycles. The van der Waals surface area contributed by atoms with Crippen molar-refractivity contribution in [3.63, 3.8) is 0 Å². The molecule has 1 aromatic heterocycles. The predicted molar refractivity (Wildman–Crippen MR) is 48.6 cm³/mol. The second-order valence-corrected chi connectivity index (χ2v) is 3.43. The lowest BCUT2D eigenvalue weighted by atomic mass is 10.1. The fraction of sp³-hybridized carbons (Fsp3) is 0.375. The van der Waals surface area contributed by atoms with Crippen molar-refractivity contribution < 1.29 is 0 Å². The number of aromatic nitrogens is 1. The molecule has 11 heavy (non-hydrogen) atoms. The largest absolute Gasteiger partial charge is 0.327 e. The van der Waals surface area contributed by atoms with Crippen LogP contribution in [0.4, 0.5) is 0 Å². The van der Waals surface area contributed by atoms with Gasteiger partial charge in [-0.25, -0.2) is 0 Å². The summed E-state index contributed by atoms with van der Waals surface area (Å²) in [7, 11) is 0. The van der Waals surface area contributed by atoms with Crippen molar-refractivity contribution in [1.82, 2.24) is 4.98 Å². The molecule has 0 aliphatic rings. The Hall–Kier alpha value is -0.670. The highest BCUT2D eigenvalue weighted by Gasteiger charge is 2.02. The van der Waals surface area contributed by atoms with Gasteiger partial charge >= 0.3 is 0 Å². The van der Waals surface area contributed by atoms with Gasteiger partial charge in [0.2, 0.25) is 0 Å². The van der Waals surface area contributed by atoms with Crippen LogP contribution in [0.15, 0.2) is 24.4 Å². The van der Waals surface area contributed by atoms with Crippen LogP contribution in [0.5, 0.6) is 0 Å². The van der Waals surface area contributed by atoms with E-state index in [1.165, 1.54) is 4.88 Å². The molecule has 0 radical (unpaired) electrons. The van der Waals surface area contributed by atoms with Crippen molar-refractivity contribution in [2.75, 3.05) is 0 Å². The van der Waals surface area contributed by atoms with Crippen LogP contribution >= 0.6 is 11.3 Å². The van der Waals surface area contributed by atoms with Gasteiger partial charge in [0.15, 0.2) is 0 Å². The van der Waals surface area contributed by atoms with Crippen LogP contribution in [0.3, 0.4) is 0 Å². The predicted octanol–water partition coefficient (Wildman–Crippen LogP) is 1.59. The van der Waals surface area contributed by atoms with E-state index in [9.17, 15) is 0 Å². The van der Waals surface area contributed by atoms with Crippen LogP contribution < -0.4 is 5.73 Å². The lowest BCUT2D eigenvalue weighted by Gasteiger charge is -2.04. The lowest BCUT2D eigenvalue weighted by molar-refractivity contribution is 0.685. The van der Waals surface area contributed by atoms with Gasteiger partial charge < -0.3 is 5.73 Å². The van der Waals surface area contributed by atoms with Gasteiger partial charge in [-0.3, -0.25) is 4.98 Å². The number of hydrogen-bond acceptors (Lipinski definition) is 3. The standard InChI is InChI=1S/C8H12N2S/c1-2-3-7(9)4-8-5-10-6-11-8/h2,5-7H,1,3-4,9H2. The van der Waals surface area contributed by atoms with E-state index in [0.717, 1.165) is 12.8 Å². The molecule has 2 nitrogen and oxygen atoms in total. The van der Waals surface area contributed by atoms with E-state index < -0.39 is 0 Å². The SMILES string of the molecule is C=CCC(N)Cc1cncs1. The van der Waals surface area contributed by atoms with Crippen LogP contribution in [0.2, 0.25) is 0 Å². The molecule has 1 atom stereocenters. The smallest absolute Gasteiger partial charge is 0.0794 e. The Bertz CT molecular complexity index is 206. The number of hydrogen-bond donors (Lipinski definition) is 1. The molecule has 0 spiro atoms. The third-order valence-corrected chi connectivity index (χ3v) is 2.22. The maximum atomic E-state index is 5.78. The molecule has 1 aromatic rings. The molecule has 0 saturated heterocycles. The number of rotatable bonds is 4. The summed E-state index contributed by atoms with van der Waals surface area (Å²) in [5.74, 6) is 0. The third-order valence-electron chi connectivity index (χ3n) is 1.42. The van der Waals surface area contributed by atoms with Gasteiger partial charge in [0.25, 0.3) is 0 Å². The second kappa shape index (κ2) is 4.26. The number of thiazole rings is 1.